The Morgan fingerprint density at radius 3 is 2.36 bits per heavy atom. The molecular weight excluding hydrogens is 354 g/mol. The van der Waals surface area contributed by atoms with Crippen LogP contribution in [-0.2, 0) is 11.2 Å². The molecule has 2 aromatic carbocycles. The number of hydrogen-bond donors (Lipinski definition) is 0. The van der Waals surface area contributed by atoms with E-state index in [1.807, 2.05) is 28.0 Å². The van der Waals surface area contributed by atoms with Gasteiger partial charge in [-0.2, -0.15) is 0 Å². The smallest absolute Gasteiger partial charge is 0.253 e. The van der Waals surface area contributed by atoms with Gasteiger partial charge in [0.05, 0.1) is 13.7 Å². The van der Waals surface area contributed by atoms with Gasteiger partial charge in [-0.15, -0.1) is 0 Å². The highest BCUT2D eigenvalue weighted by molar-refractivity contribution is 5.97. The van der Waals surface area contributed by atoms with Crippen molar-refractivity contribution in [3.8, 4) is 5.75 Å². The molecule has 146 valence electrons. The molecule has 0 unspecified atom stereocenters. The summed E-state index contributed by atoms with van der Waals surface area (Å²) in [7, 11) is 1.61. The third-order valence-corrected chi connectivity index (χ3v) is 5.54. The Morgan fingerprint density at radius 2 is 1.64 bits per heavy atom. The lowest BCUT2D eigenvalue weighted by Gasteiger charge is -2.35. The number of hydrogen-bond acceptors (Lipinski definition) is 4. The molecule has 4 rings (SSSR count). The number of ether oxygens (including phenoxy) is 1. The molecule has 2 aliphatic rings. The Kier molecular flexibility index (Phi) is 5.30. The molecule has 1 fully saturated rings. The van der Waals surface area contributed by atoms with Gasteiger partial charge >= 0.3 is 0 Å². The van der Waals surface area contributed by atoms with Crippen LogP contribution in [0.2, 0.25) is 0 Å². The molecule has 2 amide bonds. The number of fused-ring (bicyclic) bond motifs is 1. The summed E-state index contributed by atoms with van der Waals surface area (Å²) >= 11 is 0. The second-order valence-electron chi connectivity index (χ2n) is 7.22. The van der Waals surface area contributed by atoms with Gasteiger partial charge in [-0.05, 0) is 42.3 Å². The first kappa shape index (κ1) is 18.5. The molecule has 0 N–H and O–H groups in total. The molecule has 6 heteroatoms. The first-order valence-electron chi connectivity index (χ1n) is 9.69. The van der Waals surface area contributed by atoms with E-state index in [9.17, 15) is 9.59 Å². The van der Waals surface area contributed by atoms with E-state index in [0.29, 0.717) is 38.3 Å². The van der Waals surface area contributed by atoms with Gasteiger partial charge in [0.1, 0.15) is 5.75 Å². The van der Waals surface area contributed by atoms with E-state index in [4.69, 9.17) is 4.74 Å². The molecule has 0 saturated carbocycles. The molecule has 6 nitrogen and oxygen atoms in total. The number of carbonyl (C=O) groups is 2. The van der Waals surface area contributed by atoms with Crippen LogP contribution in [0.15, 0.2) is 48.5 Å². The molecule has 2 aromatic rings. The lowest BCUT2D eigenvalue weighted by atomic mass is 10.1. The molecule has 28 heavy (non-hydrogen) atoms. The standard InChI is InChI=1S/C22H25N3O3/c1-28-19-8-6-18(7-9-19)22(27)24-14-12-23(13-15-24)16-21(26)25-11-10-17-4-2-3-5-20(17)25/h2-9H,10-16H2,1H3. The van der Waals surface area contributed by atoms with Crippen LogP contribution < -0.4 is 9.64 Å². The fourth-order valence-electron chi connectivity index (χ4n) is 3.90. The molecule has 0 aromatic heterocycles. The van der Waals surface area contributed by atoms with E-state index >= 15 is 0 Å². The Labute approximate surface area is 165 Å². The Hall–Kier alpha value is -2.86. The minimum Gasteiger partial charge on any atom is -0.497 e. The lowest BCUT2D eigenvalue weighted by molar-refractivity contribution is -0.120. The molecule has 2 heterocycles. The maximum absolute atomic E-state index is 12.8. The highest BCUT2D eigenvalue weighted by Crippen LogP contribution is 2.27. The van der Waals surface area contributed by atoms with Crippen LogP contribution in [0.3, 0.4) is 0 Å². The molecular formula is C22H25N3O3. The van der Waals surface area contributed by atoms with Gasteiger partial charge < -0.3 is 14.5 Å². The summed E-state index contributed by atoms with van der Waals surface area (Å²) in [4.78, 5) is 31.3. The predicted octanol–water partition coefficient (Wildman–Crippen LogP) is 2.04. The summed E-state index contributed by atoms with van der Waals surface area (Å²) in [6.07, 6.45) is 0.923. The fraction of sp³-hybridized carbons (Fsp3) is 0.364. The van der Waals surface area contributed by atoms with Crippen molar-refractivity contribution in [2.75, 3.05) is 51.3 Å². The summed E-state index contributed by atoms with van der Waals surface area (Å²) in [6.45, 7) is 3.85. The minimum absolute atomic E-state index is 0.0297. The maximum Gasteiger partial charge on any atom is 0.253 e. The molecule has 2 aliphatic heterocycles. The van der Waals surface area contributed by atoms with E-state index in [1.54, 1.807) is 31.4 Å². The van der Waals surface area contributed by atoms with Crippen LogP contribution in [0.5, 0.6) is 5.75 Å². The number of para-hydroxylation sites is 1. The number of piperazine rings is 1. The monoisotopic (exact) mass is 379 g/mol. The molecule has 0 aliphatic carbocycles. The van der Waals surface area contributed by atoms with Crippen molar-refractivity contribution < 1.29 is 14.3 Å². The molecule has 0 spiro atoms. The average Bonchev–Trinajstić information content (AvgIpc) is 3.18. The van der Waals surface area contributed by atoms with Crippen molar-refractivity contribution in [1.82, 2.24) is 9.80 Å². The zero-order valence-electron chi connectivity index (χ0n) is 16.1. The van der Waals surface area contributed by atoms with E-state index in [-0.39, 0.29) is 11.8 Å². The van der Waals surface area contributed by atoms with Crippen LogP contribution >= 0.6 is 0 Å². The predicted molar refractivity (Wildman–Crippen MR) is 108 cm³/mol. The number of amides is 2. The number of methoxy groups -OCH3 is 1. The number of carbonyl (C=O) groups excluding carboxylic acids is 2. The van der Waals surface area contributed by atoms with Crippen LogP contribution in [-0.4, -0.2) is 68.0 Å². The second kappa shape index (κ2) is 8.02. The fourth-order valence-corrected chi connectivity index (χ4v) is 3.90. The van der Waals surface area contributed by atoms with E-state index in [0.717, 1.165) is 24.4 Å². The summed E-state index contributed by atoms with van der Waals surface area (Å²) in [5.41, 5.74) is 2.95. The highest BCUT2D eigenvalue weighted by atomic mass is 16.5. The normalized spacial score (nSPS) is 16.8. The van der Waals surface area contributed by atoms with Crippen molar-refractivity contribution in [2.24, 2.45) is 0 Å². The van der Waals surface area contributed by atoms with Gasteiger partial charge in [0.15, 0.2) is 0 Å². The number of rotatable bonds is 4. The molecule has 0 radical (unpaired) electrons. The number of benzene rings is 2. The zero-order chi connectivity index (χ0) is 19.5. The van der Waals surface area contributed by atoms with Gasteiger partial charge in [0.25, 0.3) is 5.91 Å². The minimum atomic E-state index is 0.0297. The van der Waals surface area contributed by atoms with Crippen LogP contribution in [0.25, 0.3) is 0 Å². The van der Waals surface area contributed by atoms with Gasteiger partial charge in [-0.25, -0.2) is 0 Å². The third kappa shape index (κ3) is 3.73. The second-order valence-corrected chi connectivity index (χ2v) is 7.22. The van der Waals surface area contributed by atoms with Gasteiger partial charge in [0, 0.05) is 44.0 Å². The zero-order valence-corrected chi connectivity index (χ0v) is 16.1. The van der Waals surface area contributed by atoms with Gasteiger partial charge in [0.2, 0.25) is 5.91 Å². The van der Waals surface area contributed by atoms with Crippen molar-refractivity contribution >= 4 is 17.5 Å². The molecule has 0 atom stereocenters. The van der Waals surface area contributed by atoms with Crippen molar-refractivity contribution in [3.05, 3.63) is 59.7 Å². The topological polar surface area (TPSA) is 53.1 Å². The Balaban J connectivity index is 1.30. The first-order valence-corrected chi connectivity index (χ1v) is 9.69. The van der Waals surface area contributed by atoms with Crippen molar-refractivity contribution in [1.29, 1.82) is 0 Å². The highest BCUT2D eigenvalue weighted by Gasteiger charge is 2.28. The van der Waals surface area contributed by atoms with Crippen molar-refractivity contribution in [2.45, 2.75) is 6.42 Å². The quantitative estimate of drug-likeness (QED) is 0.816. The Bertz CT molecular complexity index is 858. The van der Waals surface area contributed by atoms with E-state index in [1.165, 1.54) is 5.56 Å². The average molecular weight is 379 g/mol. The van der Waals surface area contributed by atoms with Gasteiger partial charge in [-0.3, -0.25) is 14.5 Å². The summed E-state index contributed by atoms with van der Waals surface area (Å²) in [5.74, 6) is 0.908. The summed E-state index contributed by atoms with van der Waals surface area (Å²) < 4.78 is 5.14. The SMILES string of the molecule is COc1ccc(C(=O)N2CCN(CC(=O)N3CCc4ccccc43)CC2)cc1. The van der Waals surface area contributed by atoms with E-state index < -0.39 is 0 Å². The molecule has 1 saturated heterocycles. The van der Waals surface area contributed by atoms with Crippen LogP contribution in [0.1, 0.15) is 15.9 Å². The maximum atomic E-state index is 12.8. The number of nitrogens with zero attached hydrogens (tertiary/aromatic N) is 3. The summed E-state index contributed by atoms with van der Waals surface area (Å²) in [5, 5.41) is 0. The third-order valence-electron chi connectivity index (χ3n) is 5.54. The van der Waals surface area contributed by atoms with Gasteiger partial charge in [-0.1, -0.05) is 18.2 Å². The van der Waals surface area contributed by atoms with Crippen molar-refractivity contribution in [3.63, 3.8) is 0 Å². The largest absolute Gasteiger partial charge is 0.497 e. The first-order chi connectivity index (χ1) is 13.7. The van der Waals surface area contributed by atoms with Crippen LogP contribution in [0, 0.1) is 0 Å². The van der Waals surface area contributed by atoms with Crippen LogP contribution in [0.4, 0.5) is 5.69 Å². The molecule has 0 bridgehead atoms. The number of anilines is 1. The summed E-state index contributed by atoms with van der Waals surface area (Å²) in [6, 6.07) is 15.3. The Morgan fingerprint density at radius 1 is 0.929 bits per heavy atom. The lowest BCUT2D eigenvalue weighted by Crippen LogP contribution is -2.51. The van der Waals surface area contributed by atoms with E-state index in [2.05, 4.69) is 11.0 Å².